The second kappa shape index (κ2) is 11.2. The Morgan fingerprint density at radius 1 is 1.13 bits per heavy atom. The molecule has 0 radical (unpaired) electrons. The van der Waals surface area contributed by atoms with Crippen molar-refractivity contribution in [2.24, 2.45) is 16.5 Å². The molecule has 10 nitrogen and oxygen atoms in total. The maximum atomic E-state index is 12.0. The Hall–Kier alpha value is -3.12. The molecule has 0 spiro atoms. The van der Waals surface area contributed by atoms with Crippen LogP contribution in [0.1, 0.15) is 10.4 Å². The number of ether oxygens (including phenoxy) is 1. The van der Waals surface area contributed by atoms with Crippen LogP contribution in [-0.4, -0.2) is 50.4 Å². The molecule has 0 heterocycles. The molecule has 30 heavy (non-hydrogen) atoms. The van der Waals surface area contributed by atoms with Crippen LogP contribution in [-0.2, 0) is 14.0 Å². The lowest BCUT2D eigenvalue weighted by Gasteiger charge is -2.12. The third-order valence-electron chi connectivity index (χ3n) is 3.44. The summed E-state index contributed by atoms with van der Waals surface area (Å²) in [4.78, 5) is 34.2. The number of anilines is 1. The summed E-state index contributed by atoms with van der Waals surface area (Å²) in [6.07, 6.45) is 0. The van der Waals surface area contributed by atoms with E-state index in [4.69, 9.17) is 20.5 Å². The fraction of sp³-hybridized carbons (Fsp3) is 0.211. The van der Waals surface area contributed by atoms with Crippen molar-refractivity contribution < 1.29 is 23.5 Å². The Balaban J connectivity index is 2.17. The van der Waals surface area contributed by atoms with Gasteiger partial charge in [0.25, 0.3) is 5.91 Å². The average molecular weight is 433 g/mol. The number of carbonyl (C=O) groups is 2. The summed E-state index contributed by atoms with van der Waals surface area (Å²) < 4.78 is 10.8. The number of hydrogen-bond acceptors (Lipinski definition) is 7. The zero-order valence-corrected chi connectivity index (χ0v) is 17.6. The number of hydrogen-bond donors (Lipinski definition) is 3. The number of benzene rings is 2. The summed E-state index contributed by atoms with van der Waals surface area (Å²) in [5.74, 6) is -0.116. The molecule has 2 rings (SSSR count). The zero-order chi connectivity index (χ0) is 22.1. The second-order valence-electron chi connectivity index (χ2n) is 6.23. The van der Waals surface area contributed by atoms with E-state index in [0.29, 0.717) is 22.1 Å². The predicted molar refractivity (Wildman–Crippen MR) is 114 cm³/mol. The van der Waals surface area contributed by atoms with Gasteiger partial charge in [-0.05, 0) is 56.6 Å². The van der Waals surface area contributed by atoms with Crippen LogP contribution >= 0.6 is 12.0 Å². The van der Waals surface area contributed by atoms with Gasteiger partial charge in [0.2, 0.25) is 5.91 Å². The average Bonchev–Trinajstić information content (AvgIpc) is 2.67. The highest BCUT2D eigenvalue weighted by Crippen LogP contribution is 2.34. The summed E-state index contributed by atoms with van der Waals surface area (Å²) in [6, 6.07) is 11.5. The highest BCUT2D eigenvalue weighted by atomic mass is 32.2. The molecule has 0 aliphatic carbocycles. The number of nitrogens with zero attached hydrogens (tertiary/aromatic N) is 2. The fourth-order valence-electron chi connectivity index (χ4n) is 2.26. The minimum atomic E-state index is -0.598. The standard InChI is InChI=1S/C19H23N5O5S/c1-24(2)11-17(25)22-13-5-7-14(8-6-13)28-15-9-4-12(18(26)23-19(20)21)10-16(15)30-29-27-3/h4-10H,11H2,1-3H3,(H,22,25)(H4,20,21,23,26). The monoisotopic (exact) mass is 433 g/mol. The first-order valence-corrected chi connectivity index (χ1v) is 9.40. The zero-order valence-electron chi connectivity index (χ0n) is 16.7. The Kier molecular flexibility index (Phi) is 8.62. The van der Waals surface area contributed by atoms with Crippen molar-refractivity contribution >= 4 is 35.5 Å². The number of aliphatic imine (C=N–C) groups is 1. The number of likely N-dealkylation sites (N-methyl/N-ethyl adjacent to an activating group) is 1. The Bertz CT molecular complexity index is 914. The molecule has 0 saturated carbocycles. The molecule has 2 aromatic rings. The van der Waals surface area contributed by atoms with Gasteiger partial charge in [-0.3, -0.25) is 9.59 Å². The largest absolute Gasteiger partial charge is 0.456 e. The maximum absolute atomic E-state index is 12.0. The Morgan fingerprint density at radius 3 is 2.43 bits per heavy atom. The number of amides is 2. The van der Waals surface area contributed by atoms with Gasteiger partial charge in [0.05, 0.1) is 30.6 Å². The summed E-state index contributed by atoms with van der Waals surface area (Å²) in [5, 5.41) is 2.79. The van der Waals surface area contributed by atoms with Crippen molar-refractivity contribution in [1.82, 2.24) is 4.90 Å². The van der Waals surface area contributed by atoms with E-state index < -0.39 is 5.91 Å². The molecule has 0 saturated heterocycles. The highest BCUT2D eigenvalue weighted by molar-refractivity contribution is 7.94. The van der Waals surface area contributed by atoms with Gasteiger partial charge < -0.3 is 26.4 Å². The van der Waals surface area contributed by atoms with Crippen LogP contribution in [0.2, 0.25) is 0 Å². The first-order valence-electron chi connectivity index (χ1n) is 8.66. The van der Waals surface area contributed by atoms with E-state index in [0.717, 1.165) is 12.0 Å². The van der Waals surface area contributed by atoms with Gasteiger partial charge >= 0.3 is 0 Å². The molecule has 2 aromatic carbocycles. The third-order valence-corrected chi connectivity index (χ3v) is 4.14. The molecule has 2 amide bonds. The second-order valence-corrected chi connectivity index (χ2v) is 6.98. The van der Waals surface area contributed by atoms with Gasteiger partial charge in [0.15, 0.2) is 5.96 Å². The number of guanidine groups is 1. The first kappa shape index (κ1) is 23.2. The van der Waals surface area contributed by atoms with E-state index in [2.05, 4.69) is 15.2 Å². The normalized spacial score (nSPS) is 10.5. The molecule has 0 bridgehead atoms. The van der Waals surface area contributed by atoms with E-state index in [9.17, 15) is 9.59 Å². The summed E-state index contributed by atoms with van der Waals surface area (Å²) in [5.41, 5.74) is 11.4. The topological polar surface area (TPSA) is 142 Å². The number of carbonyl (C=O) groups excluding carboxylic acids is 2. The quantitative estimate of drug-likeness (QED) is 0.178. The SMILES string of the molecule is COOSc1cc(C(=O)N=C(N)N)ccc1Oc1ccc(NC(=O)CN(C)C)cc1. The lowest BCUT2D eigenvalue weighted by molar-refractivity contribution is -0.160. The van der Waals surface area contributed by atoms with Crippen molar-refractivity contribution in [1.29, 1.82) is 0 Å². The predicted octanol–water partition coefficient (Wildman–Crippen LogP) is 1.98. The molecule has 0 aromatic heterocycles. The number of rotatable bonds is 9. The van der Waals surface area contributed by atoms with Crippen molar-refractivity contribution in [3.63, 3.8) is 0 Å². The van der Waals surface area contributed by atoms with Crippen LogP contribution in [0.3, 0.4) is 0 Å². The van der Waals surface area contributed by atoms with Crippen molar-refractivity contribution in [2.75, 3.05) is 33.1 Å². The summed E-state index contributed by atoms with van der Waals surface area (Å²) in [7, 11) is 4.98. The van der Waals surface area contributed by atoms with Gasteiger partial charge in [-0.15, -0.1) is 0 Å². The van der Waals surface area contributed by atoms with Gasteiger partial charge in [0.1, 0.15) is 11.5 Å². The molecule has 160 valence electrons. The van der Waals surface area contributed by atoms with Crippen molar-refractivity contribution in [2.45, 2.75) is 4.90 Å². The van der Waals surface area contributed by atoms with E-state index in [1.807, 2.05) is 14.1 Å². The van der Waals surface area contributed by atoms with Crippen LogP contribution in [0.5, 0.6) is 11.5 Å². The molecular weight excluding hydrogens is 410 g/mol. The maximum Gasteiger partial charge on any atom is 0.280 e. The van der Waals surface area contributed by atoms with E-state index in [1.165, 1.54) is 19.2 Å². The number of nitrogens with two attached hydrogens (primary N) is 2. The van der Waals surface area contributed by atoms with Gasteiger partial charge in [0, 0.05) is 11.3 Å². The van der Waals surface area contributed by atoms with Crippen LogP contribution in [0.4, 0.5) is 5.69 Å². The molecule has 0 fully saturated rings. The summed E-state index contributed by atoms with van der Waals surface area (Å²) in [6.45, 7) is 0.281. The summed E-state index contributed by atoms with van der Waals surface area (Å²) >= 11 is 0.862. The molecular formula is C19H23N5O5S. The first-order chi connectivity index (χ1) is 14.3. The van der Waals surface area contributed by atoms with Crippen LogP contribution in [0.15, 0.2) is 52.4 Å². The van der Waals surface area contributed by atoms with Crippen molar-refractivity contribution in [3.8, 4) is 11.5 Å². The fourth-order valence-corrected chi connectivity index (χ4v) is 2.77. The molecule has 0 unspecified atom stereocenters. The van der Waals surface area contributed by atoms with E-state index in [-0.39, 0.29) is 24.0 Å². The lowest BCUT2D eigenvalue weighted by Crippen LogP contribution is -2.26. The van der Waals surface area contributed by atoms with Crippen molar-refractivity contribution in [3.05, 3.63) is 48.0 Å². The van der Waals surface area contributed by atoms with Crippen LogP contribution in [0.25, 0.3) is 0 Å². The smallest absolute Gasteiger partial charge is 0.280 e. The van der Waals surface area contributed by atoms with Gasteiger partial charge in [-0.2, -0.15) is 9.33 Å². The minimum Gasteiger partial charge on any atom is -0.456 e. The molecule has 11 heteroatoms. The van der Waals surface area contributed by atoms with Gasteiger partial charge in [-0.1, -0.05) is 0 Å². The molecule has 5 N–H and O–H groups in total. The van der Waals surface area contributed by atoms with Crippen LogP contribution < -0.4 is 21.5 Å². The van der Waals surface area contributed by atoms with Crippen LogP contribution in [0, 0.1) is 0 Å². The number of nitrogens with one attached hydrogen (secondary N) is 1. The van der Waals surface area contributed by atoms with E-state index >= 15 is 0 Å². The molecule has 0 aliphatic heterocycles. The van der Waals surface area contributed by atoms with Gasteiger partial charge in [-0.25, -0.2) is 4.89 Å². The Morgan fingerprint density at radius 2 is 1.83 bits per heavy atom. The highest BCUT2D eigenvalue weighted by Gasteiger charge is 2.13. The third kappa shape index (κ3) is 7.37. The van der Waals surface area contributed by atoms with E-state index in [1.54, 1.807) is 35.2 Å². The lowest BCUT2D eigenvalue weighted by atomic mass is 10.2. The Labute approximate surface area is 178 Å². The minimum absolute atomic E-state index is 0.120. The molecule has 0 aliphatic rings. The molecule has 0 atom stereocenters.